The lowest BCUT2D eigenvalue weighted by Gasteiger charge is -2.35. The van der Waals surface area contributed by atoms with Gasteiger partial charge in [0.15, 0.2) is 4.90 Å². The number of sulfonamides is 1. The summed E-state index contributed by atoms with van der Waals surface area (Å²) in [5, 5.41) is 0.372. The average molecular weight is 610 g/mol. The highest BCUT2D eigenvalue weighted by molar-refractivity contribution is 7.93. The van der Waals surface area contributed by atoms with Crippen LogP contribution < -0.4 is 13.8 Å². The van der Waals surface area contributed by atoms with Gasteiger partial charge in [-0.3, -0.25) is 9.10 Å². The van der Waals surface area contributed by atoms with Crippen molar-refractivity contribution in [1.82, 2.24) is 4.98 Å². The van der Waals surface area contributed by atoms with E-state index in [9.17, 15) is 17.6 Å². The van der Waals surface area contributed by atoms with Crippen LogP contribution in [0.15, 0.2) is 53.6 Å². The summed E-state index contributed by atoms with van der Waals surface area (Å²) in [5.74, 6) is -0.718. The second-order valence-corrected chi connectivity index (χ2v) is 11.6. The molecule has 0 aliphatic carbocycles. The highest BCUT2D eigenvalue weighted by atomic mass is 35.5. The van der Waals surface area contributed by atoms with E-state index in [-0.39, 0.29) is 63.8 Å². The van der Waals surface area contributed by atoms with E-state index >= 15 is 0 Å². The zero-order valence-electron chi connectivity index (χ0n) is 22.0. The number of carbonyl (C=O) groups excluding carboxylic acids is 1. The van der Waals surface area contributed by atoms with Gasteiger partial charge in [0.05, 0.1) is 36.0 Å². The summed E-state index contributed by atoms with van der Waals surface area (Å²) in [5.41, 5.74) is 1.62. The molecule has 3 aromatic rings. The summed E-state index contributed by atoms with van der Waals surface area (Å²) < 4.78 is 60.2. The van der Waals surface area contributed by atoms with Gasteiger partial charge in [-0.15, -0.1) is 0 Å². The molecule has 1 aliphatic rings. The predicted octanol–water partition coefficient (Wildman–Crippen LogP) is 6.40. The van der Waals surface area contributed by atoms with Crippen LogP contribution >= 0.6 is 23.2 Å². The van der Waals surface area contributed by atoms with Crippen molar-refractivity contribution in [2.24, 2.45) is 0 Å². The lowest BCUT2D eigenvalue weighted by atomic mass is 10.0. The van der Waals surface area contributed by atoms with E-state index in [2.05, 4.69) is 4.98 Å². The number of allylic oxidation sites excluding steroid dienone is 1. The van der Waals surface area contributed by atoms with E-state index < -0.39 is 27.9 Å². The number of hydrogen-bond acceptors (Lipinski definition) is 7. The molecule has 212 valence electrons. The van der Waals surface area contributed by atoms with Crippen LogP contribution in [-0.4, -0.2) is 45.7 Å². The van der Waals surface area contributed by atoms with Crippen LogP contribution in [0.3, 0.4) is 0 Å². The maximum Gasteiger partial charge on any atom is 0.305 e. The molecule has 1 aliphatic heterocycles. The van der Waals surface area contributed by atoms with E-state index in [1.807, 2.05) is 0 Å². The zero-order chi connectivity index (χ0) is 29.0. The summed E-state index contributed by atoms with van der Waals surface area (Å²) in [6, 6.07) is 10.7. The van der Waals surface area contributed by atoms with E-state index in [1.165, 1.54) is 35.8 Å². The lowest BCUT2D eigenvalue weighted by Crippen LogP contribution is -2.44. The minimum absolute atomic E-state index is 0.0384. The Morgan fingerprint density at radius 1 is 1.25 bits per heavy atom. The largest absolute Gasteiger partial charge is 0.486 e. The standard InChI is InChI=1S/C28H27Cl2FN2O6S/c1-4-38-28-25(14-19(29)15-32-28)40(35,36)33-16-20(9-11-26(34)37-3)39-24-10-8-18(13-23(24)33)12-17(2)27-21(30)6-5-7-22(27)31/h5-8,10,12-15,20H,4,9,11,16H2,1-3H3/t20-/m0/s1. The Balaban J connectivity index is 1.81. The van der Waals surface area contributed by atoms with Gasteiger partial charge >= 0.3 is 5.97 Å². The first-order chi connectivity index (χ1) is 19.0. The predicted molar refractivity (Wildman–Crippen MR) is 152 cm³/mol. The fourth-order valence-electron chi connectivity index (χ4n) is 4.33. The number of anilines is 1. The topological polar surface area (TPSA) is 95.0 Å². The summed E-state index contributed by atoms with van der Waals surface area (Å²) in [4.78, 5) is 15.6. The van der Waals surface area contributed by atoms with Crippen LogP contribution in [-0.2, 0) is 19.6 Å². The van der Waals surface area contributed by atoms with Gasteiger partial charge in [-0.05, 0) is 61.7 Å². The van der Waals surface area contributed by atoms with Gasteiger partial charge in [0, 0.05) is 18.2 Å². The number of rotatable bonds is 9. The zero-order valence-corrected chi connectivity index (χ0v) is 24.3. The molecule has 0 bridgehead atoms. The van der Waals surface area contributed by atoms with E-state index in [0.29, 0.717) is 11.1 Å². The Bertz CT molecular complexity index is 1540. The number of fused-ring (bicyclic) bond motifs is 1. The molecule has 2 heterocycles. The van der Waals surface area contributed by atoms with Gasteiger partial charge in [0.25, 0.3) is 10.0 Å². The third kappa shape index (κ3) is 6.35. The van der Waals surface area contributed by atoms with Crippen LogP contribution in [0.5, 0.6) is 11.6 Å². The molecule has 4 rings (SSSR count). The van der Waals surface area contributed by atoms with Gasteiger partial charge in [0.1, 0.15) is 17.7 Å². The Morgan fingerprint density at radius 3 is 2.73 bits per heavy atom. The molecule has 12 heteroatoms. The first-order valence-electron chi connectivity index (χ1n) is 12.4. The van der Waals surface area contributed by atoms with Gasteiger partial charge in [-0.2, -0.15) is 0 Å². The fourth-order valence-corrected chi connectivity index (χ4v) is 6.48. The van der Waals surface area contributed by atoms with Crippen LogP contribution in [0.25, 0.3) is 11.6 Å². The first-order valence-corrected chi connectivity index (χ1v) is 14.6. The van der Waals surface area contributed by atoms with E-state index in [4.69, 9.17) is 37.4 Å². The Morgan fingerprint density at radius 2 is 2.02 bits per heavy atom. The smallest absolute Gasteiger partial charge is 0.305 e. The van der Waals surface area contributed by atoms with Crippen molar-refractivity contribution >= 4 is 56.5 Å². The number of aromatic nitrogens is 1. The van der Waals surface area contributed by atoms with Crippen molar-refractivity contribution in [3.05, 3.63) is 75.7 Å². The Labute approximate surface area is 242 Å². The first kappa shape index (κ1) is 29.6. The monoisotopic (exact) mass is 608 g/mol. The molecule has 2 aromatic carbocycles. The molecule has 0 fully saturated rings. The van der Waals surface area contributed by atoms with Gasteiger partial charge in [-0.25, -0.2) is 17.8 Å². The molecule has 0 spiro atoms. The summed E-state index contributed by atoms with van der Waals surface area (Å²) in [6.07, 6.45) is 2.61. The molecule has 0 amide bonds. The van der Waals surface area contributed by atoms with Crippen LogP contribution in [0.1, 0.15) is 37.8 Å². The second kappa shape index (κ2) is 12.4. The molecule has 40 heavy (non-hydrogen) atoms. The molecule has 0 saturated heterocycles. The Kier molecular flexibility index (Phi) is 9.22. The number of carbonyl (C=O) groups is 1. The number of methoxy groups -OCH3 is 1. The fraction of sp³-hybridized carbons (Fsp3) is 0.286. The normalized spacial score (nSPS) is 15.3. The molecule has 1 atom stereocenters. The van der Waals surface area contributed by atoms with Crippen molar-refractivity contribution in [3.63, 3.8) is 0 Å². The highest BCUT2D eigenvalue weighted by Gasteiger charge is 2.37. The quantitative estimate of drug-likeness (QED) is 0.205. The molecular formula is C28H27Cl2FN2O6S. The van der Waals surface area contributed by atoms with Gasteiger partial charge in [0.2, 0.25) is 5.88 Å². The minimum Gasteiger partial charge on any atom is -0.486 e. The third-order valence-corrected chi connectivity index (χ3v) is 8.48. The molecule has 0 N–H and O–H groups in total. The number of benzene rings is 2. The molecular weight excluding hydrogens is 582 g/mol. The minimum atomic E-state index is -4.28. The summed E-state index contributed by atoms with van der Waals surface area (Å²) in [7, 11) is -2.99. The number of pyridine rings is 1. The number of halogens is 3. The third-order valence-electron chi connectivity index (χ3n) is 6.19. The molecule has 1 aromatic heterocycles. The number of hydrogen-bond donors (Lipinski definition) is 0. The van der Waals surface area contributed by atoms with Gasteiger partial charge in [-0.1, -0.05) is 41.4 Å². The van der Waals surface area contributed by atoms with Crippen LogP contribution in [0.2, 0.25) is 10.0 Å². The maximum atomic E-state index is 14.5. The van der Waals surface area contributed by atoms with Crippen LogP contribution in [0, 0.1) is 5.82 Å². The molecule has 0 saturated carbocycles. The Hall–Kier alpha value is -3.34. The van der Waals surface area contributed by atoms with E-state index in [1.54, 1.807) is 44.2 Å². The van der Waals surface area contributed by atoms with Gasteiger partial charge < -0.3 is 14.2 Å². The summed E-state index contributed by atoms with van der Waals surface area (Å²) >= 11 is 12.4. The molecule has 0 unspecified atom stereocenters. The van der Waals surface area contributed by atoms with Crippen molar-refractivity contribution in [1.29, 1.82) is 0 Å². The van der Waals surface area contributed by atoms with E-state index in [0.717, 1.165) is 0 Å². The number of ether oxygens (including phenoxy) is 3. The number of esters is 1. The molecule has 8 nitrogen and oxygen atoms in total. The SMILES string of the molecule is CCOc1ncc(Cl)cc1S(=O)(=O)N1C[C@H](CCC(=O)OC)Oc2ccc(C=C(C)c3c(F)cccc3Cl)cc21. The number of nitrogens with zero attached hydrogens (tertiary/aromatic N) is 2. The van der Waals surface area contributed by atoms with Crippen LogP contribution in [0.4, 0.5) is 10.1 Å². The second-order valence-electron chi connectivity index (χ2n) is 8.93. The molecule has 0 radical (unpaired) electrons. The summed E-state index contributed by atoms with van der Waals surface area (Å²) in [6.45, 7) is 3.51. The van der Waals surface area contributed by atoms with Crippen molar-refractivity contribution in [2.75, 3.05) is 24.6 Å². The highest BCUT2D eigenvalue weighted by Crippen LogP contribution is 2.41. The lowest BCUT2D eigenvalue weighted by molar-refractivity contribution is -0.141. The maximum absolute atomic E-state index is 14.5. The average Bonchev–Trinajstić information content (AvgIpc) is 2.92. The van der Waals surface area contributed by atoms with Crippen molar-refractivity contribution in [3.8, 4) is 11.6 Å². The van der Waals surface area contributed by atoms with Crippen molar-refractivity contribution < 1.29 is 31.8 Å². The van der Waals surface area contributed by atoms with Crippen molar-refractivity contribution in [2.45, 2.75) is 37.7 Å².